The molecule has 0 saturated heterocycles. The lowest BCUT2D eigenvalue weighted by molar-refractivity contribution is 0.547. The minimum atomic E-state index is -0.165. The van der Waals surface area contributed by atoms with E-state index in [1.54, 1.807) is 12.1 Å². The third kappa shape index (κ3) is 3.67. The standard InChI is InChI=1S/C18H22FN/c1-4-20-18(15-7-5-13(2)6-8-15)12-16-9-10-17(19)11-14(16)3/h5-11,18,20H,4,12H2,1-3H3. The SMILES string of the molecule is CCNC(Cc1ccc(F)cc1C)c1ccc(C)cc1. The predicted octanol–water partition coefficient (Wildman–Crippen LogP) is 4.34. The minimum Gasteiger partial charge on any atom is -0.310 e. The first-order valence-corrected chi connectivity index (χ1v) is 7.15. The fourth-order valence-corrected chi connectivity index (χ4v) is 2.46. The molecule has 2 heteroatoms. The van der Waals surface area contributed by atoms with Gasteiger partial charge in [0, 0.05) is 6.04 Å². The Kier molecular flexibility index (Phi) is 4.91. The number of hydrogen-bond acceptors (Lipinski definition) is 1. The van der Waals surface area contributed by atoms with Crippen LogP contribution in [0.1, 0.15) is 35.2 Å². The van der Waals surface area contributed by atoms with Crippen molar-refractivity contribution < 1.29 is 4.39 Å². The molecule has 0 aliphatic carbocycles. The second kappa shape index (κ2) is 6.67. The Morgan fingerprint density at radius 1 is 1.05 bits per heavy atom. The molecule has 0 radical (unpaired) electrons. The van der Waals surface area contributed by atoms with Gasteiger partial charge in [-0.15, -0.1) is 0 Å². The van der Waals surface area contributed by atoms with Crippen molar-refractivity contribution in [1.82, 2.24) is 5.32 Å². The number of rotatable bonds is 5. The maximum Gasteiger partial charge on any atom is 0.123 e. The summed E-state index contributed by atoms with van der Waals surface area (Å²) in [7, 11) is 0. The average Bonchev–Trinajstić information content (AvgIpc) is 2.42. The van der Waals surface area contributed by atoms with Crippen LogP contribution in [0.25, 0.3) is 0 Å². The molecule has 0 aromatic heterocycles. The predicted molar refractivity (Wildman–Crippen MR) is 82.4 cm³/mol. The summed E-state index contributed by atoms with van der Waals surface area (Å²) >= 11 is 0. The molecule has 0 bridgehead atoms. The zero-order valence-electron chi connectivity index (χ0n) is 12.4. The maximum absolute atomic E-state index is 13.2. The molecule has 0 aliphatic rings. The third-order valence-corrected chi connectivity index (χ3v) is 3.66. The van der Waals surface area contributed by atoms with E-state index in [0.29, 0.717) is 0 Å². The Balaban J connectivity index is 2.22. The smallest absolute Gasteiger partial charge is 0.123 e. The van der Waals surface area contributed by atoms with Gasteiger partial charge in [-0.3, -0.25) is 0 Å². The molecule has 2 aromatic rings. The van der Waals surface area contributed by atoms with Crippen molar-refractivity contribution in [3.63, 3.8) is 0 Å². The van der Waals surface area contributed by atoms with Crippen molar-refractivity contribution in [2.75, 3.05) is 6.54 Å². The van der Waals surface area contributed by atoms with E-state index in [4.69, 9.17) is 0 Å². The van der Waals surface area contributed by atoms with E-state index < -0.39 is 0 Å². The van der Waals surface area contributed by atoms with Gasteiger partial charge in [-0.05, 0) is 55.6 Å². The van der Waals surface area contributed by atoms with Gasteiger partial charge in [0.05, 0.1) is 0 Å². The molecule has 1 atom stereocenters. The largest absolute Gasteiger partial charge is 0.310 e. The second-order valence-corrected chi connectivity index (χ2v) is 5.30. The van der Waals surface area contributed by atoms with E-state index in [9.17, 15) is 4.39 Å². The molecule has 2 aromatic carbocycles. The highest BCUT2D eigenvalue weighted by atomic mass is 19.1. The lowest BCUT2D eigenvalue weighted by Gasteiger charge is -2.20. The summed E-state index contributed by atoms with van der Waals surface area (Å²) in [6, 6.07) is 13.9. The second-order valence-electron chi connectivity index (χ2n) is 5.30. The van der Waals surface area contributed by atoms with E-state index >= 15 is 0 Å². The zero-order chi connectivity index (χ0) is 14.5. The van der Waals surface area contributed by atoms with E-state index in [2.05, 4.69) is 43.4 Å². The van der Waals surface area contributed by atoms with Gasteiger partial charge in [0.15, 0.2) is 0 Å². The van der Waals surface area contributed by atoms with Gasteiger partial charge in [-0.1, -0.05) is 42.8 Å². The van der Waals surface area contributed by atoms with Crippen LogP contribution in [0, 0.1) is 19.7 Å². The number of aryl methyl sites for hydroxylation is 2. The van der Waals surface area contributed by atoms with Crippen molar-refractivity contribution in [3.8, 4) is 0 Å². The number of halogens is 1. The van der Waals surface area contributed by atoms with Crippen LogP contribution in [-0.2, 0) is 6.42 Å². The average molecular weight is 271 g/mol. The van der Waals surface area contributed by atoms with Crippen LogP contribution in [0.4, 0.5) is 4.39 Å². The lowest BCUT2D eigenvalue weighted by Crippen LogP contribution is -2.23. The quantitative estimate of drug-likeness (QED) is 0.853. The zero-order valence-corrected chi connectivity index (χ0v) is 12.4. The van der Waals surface area contributed by atoms with E-state index in [1.807, 2.05) is 13.0 Å². The van der Waals surface area contributed by atoms with Gasteiger partial charge in [-0.25, -0.2) is 4.39 Å². The summed E-state index contributed by atoms with van der Waals surface area (Å²) in [5, 5.41) is 3.51. The number of likely N-dealkylation sites (N-methyl/N-ethyl adjacent to an activating group) is 1. The molecule has 0 saturated carbocycles. The summed E-state index contributed by atoms with van der Waals surface area (Å²) in [6.45, 7) is 7.09. The van der Waals surface area contributed by atoms with Gasteiger partial charge in [-0.2, -0.15) is 0 Å². The highest BCUT2D eigenvalue weighted by Gasteiger charge is 2.12. The molecule has 1 N–H and O–H groups in total. The van der Waals surface area contributed by atoms with Gasteiger partial charge in [0.25, 0.3) is 0 Å². The van der Waals surface area contributed by atoms with Crippen LogP contribution < -0.4 is 5.32 Å². The molecule has 2 rings (SSSR count). The molecule has 20 heavy (non-hydrogen) atoms. The van der Waals surface area contributed by atoms with Crippen LogP contribution >= 0.6 is 0 Å². The van der Waals surface area contributed by atoms with Crippen LogP contribution in [-0.4, -0.2) is 6.54 Å². The first kappa shape index (κ1) is 14.7. The number of benzene rings is 2. The first-order chi connectivity index (χ1) is 9.60. The monoisotopic (exact) mass is 271 g/mol. The molecule has 0 heterocycles. The Hall–Kier alpha value is -1.67. The van der Waals surface area contributed by atoms with Gasteiger partial charge in [0.1, 0.15) is 5.82 Å². The van der Waals surface area contributed by atoms with E-state index in [1.165, 1.54) is 16.7 Å². The Morgan fingerprint density at radius 3 is 2.35 bits per heavy atom. The van der Waals surface area contributed by atoms with Gasteiger partial charge < -0.3 is 5.32 Å². The summed E-state index contributed by atoms with van der Waals surface area (Å²) in [5.74, 6) is -0.165. The molecule has 1 unspecified atom stereocenters. The minimum absolute atomic E-state index is 0.165. The molecule has 0 aliphatic heterocycles. The molecule has 0 amide bonds. The Bertz CT molecular complexity index is 560. The van der Waals surface area contributed by atoms with E-state index in [-0.39, 0.29) is 11.9 Å². The van der Waals surface area contributed by atoms with E-state index in [0.717, 1.165) is 18.5 Å². The molecular weight excluding hydrogens is 249 g/mol. The number of nitrogens with one attached hydrogen (secondary N) is 1. The van der Waals surface area contributed by atoms with Crippen molar-refractivity contribution in [3.05, 3.63) is 70.5 Å². The normalized spacial score (nSPS) is 12.4. The van der Waals surface area contributed by atoms with Crippen molar-refractivity contribution >= 4 is 0 Å². The van der Waals surface area contributed by atoms with Crippen LogP contribution in [0.3, 0.4) is 0 Å². The Labute approximate surface area is 120 Å². The van der Waals surface area contributed by atoms with Gasteiger partial charge >= 0.3 is 0 Å². The third-order valence-electron chi connectivity index (χ3n) is 3.66. The molecule has 106 valence electrons. The van der Waals surface area contributed by atoms with Crippen LogP contribution in [0.15, 0.2) is 42.5 Å². The first-order valence-electron chi connectivity index (χ1n) is 7.15. The topological polar surface area (TPSA) is 12.0 Å². The fourth-order valence-electron chi connectivity index (χ4n) is 2.46. The van der Waals surface area contributed by atoms with Crippen LogP contribution in [0.2, 0.25) is 0 Å². The summed E-state index contributed by atoms with van der Waals surface area (Å²) < 4.78 is 13.2. The molecule has 1 nitrogen and oxygen atoms in total. The molecular formula is C18H22FN. The van der Waals surface area contributed by atoms with Crippen molar-refractivity contribution in [2.24, 2.45) is 0 Å². The van der Waals surface area contributed by atoms with Gasteiger partial charge in [0.2, 0.25) is 0 Å². The fraction of sp³-hybridized carbons (Fsp3) is 0.333. The summed E-state index contributed by atoms with van der Waals surface area (Å²) in [6.07, 6.45) is 0.878. The maximum atomic E-state index is 13.2. The Morgan fingerprint density at radius 2 is 1.75 bits per heavy atom. The van der Waals surface area contributed by atoms with Crippen LogP contribution in [0.5, 0.6) is 0 Å². The van der Waals surface area contributed by atoms with Crippen molar-refractivity contribution in [1.29, 1.82) is 0 Å². The summed E-state index contributed by atoms with van der Waals surface area (Å²) in [4.78, 5) is 0. The highest BCUT2D eigenvalue weighted by Crippen LogP contribution is 2.21. The number of hydrogen-bond donors (Lipinski definition) is 1. The summed E-state index contributed by atoms with van der Waals surface area (Å²) in [5.41, 5.74) is 4.75. The van der Waals surface area contributed by atoms with Crippen molar-refractivity contribution in [2.45, 2.75) is 33.2 Å². The lowest BCUT2D eigenvalue weighted by atomic mass is 9.95. The molecule has 0 fully saturated rings. The highest BCUT2D eigenvalue weighted by molar-refractivity contribution is 5.31. The molecule has 0 spiro atoms.